The van der Waals surface area contributed by atoms with Crippen LogP contribution < -0.4 is 11.1 Å². The zero-order chi connectivity index (χ0) is 13.5. The lowest BCUT2D eigenvalue weighted by Gasteiger charge is -2.10. The lowest BCUT2D eigenvalue weighted by atomic mass is 10.3. The summed E-state index contributed by atoms with van der Waals surface area (Å²) in [7, 11) is 0. The normalized spacial score (nSPS) is 10.4. The first kappa shape index (κ1) is 15.5. The highest BCUT2D eigenvalue weighted by molar-refractivity contribution is 9.11. The van der Waals surface area contributed by atoms with Gasteiger partial charge in [-0.25, -0.2) is 0 Å². The summed E-state index contributed by atoms with van der Waals surface area (Å²) in [5.41, 5.74) is 6.99. The minimum absolute atomic E-state index is 0.0859. The zero-order valence-corrected chi connectivity index (χ0v) is 13.3. The summed E-state index contributed by atoms with van der Waals surface area (Å²) in [6.07, 6.45) is 1.29. The third kappa shape index (κ3) is 4.96. The molecule has 0 aliphatic carbocycles. The molecule has 0 atom stereocenters. The van der Waals surface area contributed by atoms with Gasteiger partial charge in [0.2, 0.25) is 5.91 Å². The van der Waals surface area contributed by atoms with Gasteiger partial charge in [0.25, 0.3) is 0 Å². The maximum Gasteiger partial charge on any atom is 0.226 e. The number of nitrogens with one attached hydrogen (secondary N) is 1. The van der Waals surface area contributed by atoms with Crippen molar-refractivity contribution < 1.29 is 9.53 Å². The van der Waals surface area contributed by atoms with Crippen LogP contribution in [0.1, 0.15) is 19.8 Å². The van der Waals surface area contributed by atoms with Gasteiger partial charge in [-0.3, -0.25) is 4.79 Å². The minimum Gasteiger partial charge on any atom is -0.399 e. The van der Waals surface area contributed by atoms with Crippen molar-refractivity contribution in [1.29, 1.82) is 0 Å². The number of amides is 1. The molecule has 0 saturated heterocycles. The number of rotatable bonds is 6. The van der Waals surface area contributed by atoms with Crippen molar-refractivity contribution in [2.45, 2.75) is 19.8 Å². The number of halogens is 2. The number of hydrogen-bond donors (Lipinski definition) is 2. The van der Waals surface area contributed by atoms with Crippen LogP contribution in [-0.4, -0.2) is 19.1 Å². The Morgan fingerprint density at radius 2 is 1.94 bits per heavy atom. The first-order chi connectivity index (χ1) is 8.54. The Labute approximate surface area is 124 Å². The van der Waals surface area contributed by atoms with Crippen LogP contribution in [0, 0.1) is 0 Å². The van der Waals surface area contributed by atoms with E-state index in [1.54, 1.807) is 12.1 Å². The number of carbonyl (C=O) groups excluding carboxylic acids is 1. The van der Waals surface area contributed by atoms with E-state index in [9.17, 15) is 4.79 Å². The van der Waals surface area contributed by atoms with Crippen LogP contribution in [-0.2, 0) is 9.53 Å². The van der Waals surface area contributed by atoms with Crippen LogP contribution in [0.2, 0.25) is 0 Å². The first-order valence-corrected chi connectivity index (χ1v) is 7.25. The molecule has 1 amide bonds. The Morgan fingerprint density at radius 3 is 2.50 bits per heavy atom. The average Bonchev–Trinajstić information content (AvgIpc) is 2.29. The summed E-state index contributed by atoms with van der Waals surface area (Å²) in [5.74, 6) is -0.0859. The van der Waals surface area contributed by atoms with Crippen LogP contribution >= 0.6 is 31.9 Å². The highest BCUT2D eigenvalue weighted by Gasteiger charge is 2.10. The molecule has 100 valence electrons. The lowest BCUT2D eigenvalue weighted by Crippen LogP contribution is -2.15. The van der Waals surface area contributed by atoms with Gasteiger partial charge < -0.3 is 15.8 Å². The third-order valence-corrected chi connectivity index (χ3v) is 3.40. The van der Waals surface area contributed by atoms with Crippen LogP contribution in [0.25, 0.3) is 0 Å². The van der Waals surface area contributed by atoms with Crippen molar-refractivity contribution in [1.82, 2.24) is 0 Å². The number of anilines is 2. The lowest BCUT2D eigenvalue weighted by molar-refractivity contribution is -0.117. The second-order valence-electron chi connectivity index (χ2n) is 3.77. The molecule has 0 saturated carbocycles. The van der Waals surface area contributed by atoms with E-state index in [4.69, 9.17) is 10.5 Å². The largest absolute Gasteiger partial charge is 0.399 e. The molecular weight excluding hydrogens is 364 g/mol. The Kier molecular flexibility index (Phi) is 6.67. The molecule has 18 heavy (non-hydrogen) atoms. The molecule has 6 heteroatoms. The van der Waals surface area contributed by atoms with Gasteiger partial charge in [-0.15, -0.1) is 0 Å². The number of nitrogens with two attached hydrogens (primary N) is 1. The Bertz CT molecular complexity index is 402. The molecule has 1 aromatic rings. The monoisotopic (exact) mass is 378 g/mol. The van der Waals surface area contributed by atoms with Gasteiger partial charge in [0, 0.05) is 21.2 Å². The van der Waals surface area contributed by atoms with Gasteiger partial charge in [-0.1, -0.05) is 6.92 Å². The fourth-order valence-electron chi connectivity index (χ4n) is 1.33. The Morgan fingerprint density at radius 1 is 1.33 bits per heavy atom. The summed E-state index contributed by atoms with van der Waals surface area (Å²) in [4.78, 5) is 11.7. The highest BCUT2D eigenvalue weighted by Crippen LogP contribution is 2.33. The van der Waals surface area contributed by atoms with E-state index >= 15 is 0 Å². The van der Waals surface area contributed by atoms with Gasteiger partial charge in [0.05, 0.1) is 18.7 Å². The average molecular weight is 380 g/mol. The van der Waals surface area contributed by atoms with E-state index in [1.165, 1.54) is 0 Å². The number of hydrogen-bond acceptors (Lipinski definition) is 3. The molecule has 0 aliphatic heterocycles. The number of carbonyl (C=O) groups is 1. The quantitative estimate of drug-likeness (QED) is 0.586. The smallest absolute Gasteiger partial charge is 0.226 e. The van der Waals surface area contributed by atoms with E-state index < -0.39 is 0 Å². The van der Waals surface area contributed by atoms with Crippen LogP contribution in [0.4, 0.5) is 11.4 Å². The van der Waals surface area contributed by atoms with Gasteiger partial charge in [0.15, 0.2) is 0 Å². The van der Waals surface area contributed by atoms with E-state index in [2.05, 4.69) is 37.2 Å². The molecule has 0 fully saturated rings. The molecule has 0 unspecified atom stereocenters. The summed E-state index contributed by atoms with van der Waals surface area (Å²) in [6, 6.07) is 3.49. The molecule has 0 heterocycles. The first-order valence-electron chi connectivity index (χ1n) is 5.66. The minimum atomic E-state index is -0.0859. The third-order valence-electron chi connectivity index (χ3n) is 2.15. The van der Waals surface area contributed by atoms with Gasteiger partial charge in [-0.2, -0.15) is 0 Å². The molecule has 1 rings (SSSR count). The van der Waals surface area contributed by atoms with Crippen LogP contribution in [0.15, 0.2) is 21.1 Å². The maximum atomic E-state index is 11.7. The van der Waals surface area contributed by atoms with Gasteiger partial charge in [-0.05, 0) is 50.4 Å². The van der Waals surface area contributed by atoms with Crippen molar-refractivity contribution >= 4 is 49.1 Å². The Hall–Kier alpha value is -0.590. The van der Waals surface area contributed by atoms with Crippen LogP contribution in [0.5, 0.6) is 0 Å². The summed E-state index contributed by atoms with van der Waals surface area (Å²) < 4.78 is 6.76. The molecule has 0 aliphatic rings. The van der Waals surface area contributed by atoms with E-state index in [0.717, 1.165) is 15.4 Å². The second-order valence-corrected chi connectivity index (χ2v) is 5.48. The van der Waals surface area contributed by atoms with Gasteiger partial charge in [0.1, 0.15) is 0 Å². The van der Waals surface area contributed by atoms with Crippen LogP contribution in [0.3, 0.4) is 0 Å². The topological polar surface area (TPSA) is 64.3 Å². The van der Waals surface area contributed by atoms with Crippen molar-refractivity contribution in [2.24, 2.45) is 0 Å². The van der Waals surface area contributed by atoms with E-state index in [0.29, 0.717) is 31.0 Å². The molecule has 3 N–H and O–H groups in total. The fraction of sp³-hybridized carbons (Fsp3) is 0.417. The highest BCUT2D eigenvalue weighted by atomic mass is 79.9. The van der Waals surface area contributed by atoms with E-state index in [-0.39, 0.29) is 5.91 Å². The second kappa shape index (κ2) is 7.76. The number of nitrogen functional groups attached to an aromatic ring is 1. The number of benzene rings is 1. The van der Waals surface area contributed by atoms with Crippen molar-refractivity contribution in [2.75, 3.05) is 24.3 Å². The number of ether oxygens (including phenoxy) is 1. The summed E-state index contributed by atoms with van der Waals surface area (Å²) in [6.45, 7) is 3.15. The molecule has 4 nitrogen and oxygen atoms in total. The SMILES string of the molecule is CCCOCCC(=O)Nc1c(Br)cc(N)cc1Br. The Balaban J connectivity index is 2.54. The molecule has 0 radical (unpaired) electrons. The fourth-order valence-corrected chi connectivity index (χ4v) is 2.75. The predicted octanol–water partition coefficient (Wildman–Crippen LogP) is 3.55. The molecule has 0 aromatic heterocycles. The zero-order valence-electron chi connectivity index (χ0n) is 10.1. The van der Waals surface area contributed by atoms with E-state index in [1.807, 2.05) is 6.92 Å². The maximum absolute atomic E-state index is 11.7. The van der Waals surface area contributed by atoms with Crippen molar-refractivity contribution in [3.8, 4) is 0 Å². The van der Waals surface area contributed by atoms with Crippen molar-refractivity contribution in [3.05, 3.63) is 21.1 Å². The molecular formula is C12H16Br2N2O2. The molecule has 0 bridgehead atoms. The summed E-state index contributed by atoms with van der Waals surface area (Å²) >= 11 is 6.73. The standard InChI is InChI=1S/C12H16Br2N2O2/c1-2-4-18-5-3-11(17)16-12-9(13)6-8(15)7-10(12)14/h6-7H,2-5,15H2,1H3,(H,16,17). The predicted molar refractivity (Wildman–Crippen MR) is 80.6 cm³/mol. The van der Waals surface area contributed by atoms with Crippen molar-refractivity contribution in [3.63, 3.8) is 0 Å². The van der Waals surface area contributed by atoms with Gasteiger partial charge >= 0.3 is 0 Å². The molecule has 1 aromatic carbocycles. The summed E-state index contributed by atoms with van der Waals surface area (Å²) in [5, 5.41) is 2.81. The molecule has 0 spiro atoms.